The Balaban J connectivity index is 1.86. The summed E-state index contributed by atoms with van der Waals surface area (Å²) in [6.07, 6.45) is 0. The molecule has 3 aromatic rings. The zero-order chi connectivity index (χ0) is 13.9. The van der Waals surface area contributed by atoms with Crippen LogP contribution in [0.15, 0.2) is 60.0 Å². The number of thiazole rings is 1. The standard InChI is InChI=1S/C17H16N2S/c1-12-11-20-17(19-12)16(18)15-9-7-14(8-10-15)13-5-3-2-4-6-13/h2-11,16H,18H2,1H3. The average molecular weight is 280 g/mol. The van der Waals surface area contributed by atoms with E-state index in [1.54, 1.807) is 11.3 Å². The molecule has 20 heavy (non-hydrogen) atoms. The molecule has 2 N–H and O–H groups in total. The van der Waals surface area contributed by atoms with Crippen LogP contribution in [-0.2, 0) is 0 Å². The van der Waals surface area contributed by atoms with Crippen LogP contribution in [0.25, 0.3) is 11.1 Å². The topological polar surface area (TPSA) is 38.9 Å². The first-order chi connectivity index (χ1) is 9.74. The molecule has 0 fully saturated rings. The van der Waals surface area contributed by atoms with Crippen molar-refractivity contribution in [3.63, 3.8) is 0 Å². The summed E-state index contributed by atoms with van der Waals surface area (Å²) in [5, 5.41) is 3.00. The Hall–Kier alpha value is -1.97. The largest absolute Gasteiger partial charge is 0.318 e. The second-order valence-electron chi connectivity index (χ2n) is 4.79. The van der Waals surface area contributed by atoms with E-state index in [0.29, 0.717) is 0 Å². The van der Waals surface area contributed by atoms with Gasteiger partial charge >= 0.3 is 0 Å². The van der Waals surface area contributed by atoms with Gasteiger partial charge in [-0.25, -0.2) is 4.98 Å². The molecular formula is C17H16N2S. The van der Waals surface area contributed by atoms with Gasteiger partial charge in [-0.05, 0) is 23.6 Å². The van der Waals surface area contributed by atoms with E-state index >= 15 is 0 Å². The van der Waals surface area contributed by atoms with Crippen LogP contribution in [0.4, 0.5) is 0 Å². The molecule has 1 aromatic heterocycles. The molecule has 1 atom stereocenters. The summed E-state index contributed by atoms with van der Waals surface area (Å²) in [5.41, 5.74) is 10.8. The van der Waals surface area contributed by atoms with Gasteiger partial charge in [-0.2, -0.15) is 0 Å². The molecule has 2 aromatic carbocycles. The molecule has 0 aliphatic carbocycles. The normalized spacial score (nSPS) is 12.3. The SMILES string of the molecule is Cc1csc(C(N)c2ccc(-c3ccccc3)cc2)n1. The third-order valence-corrected chi connectivity index (χ3v) is 4.33. The zero-order valence-corrected chi connectivity index (χ0v) is 12.1. The van der Waals surface area contributed by atoms with Crippen LogP contribution >= 0.6 is 11.3 Å². The number of nitrogens with two attached hydrogens (primary N) is 1. The lowest BCUT2D eigenvalue weighted by Crippen LogP contribution is -2.11. The first kappa shape index (κ1) is 13.0. The highest BCUT2D eigenvalue weighted by Crippen LogP contribution is 2.25. The van der Waals surface area contributed by atoms with E-state index in [-0.39, 0.29) is 6.04 Å². The predicted octanol–water partition coefficient (Wildman–Crippen LogP) is 4.17. The first-order valence-electron chi connectivity index (χ1n) is 6.57. The molecule has 100 valence electrons. The average Bonchev–Trinajstić information content (AvgIpc) is 2.94. The van der Waals surface area contributed by atoms with Crippen molar-refractivity contribution in [1.82, 2.24) is 4.98 Å². The number of rotatable bonds is 3. The summed E-state index contributed by atoms with van der Waals surface area (Å²) in [6, 6.07) is 18.6. The third-order valence-electron chi connectivity index (χ3n) is 3.28. The van der Waals surface area contributed by atoms with Gasteiger partial charge in [0.2, 0.25) is 0 Å². The van der Waals surface area contributed by atoms with Crippen molar-refractivity contribution in [3.8, 4) is 11.1 Å². The second-order valence-corrected chi connectivity index (χ2v) is 5.68. The molecule has 3 heteroatoms. The van der Waals surface area contributed by atoms with Crippen molar-refractivity contribution in [2.45, 2.75) is 13.0 Å². The molecule has 0 amide bonds. The van der Waals surface area contributed by atoms with Gasteiger partial charge in [0, 0.05) is 11.1 Å². The van der Waals surface area contributed by atoms with Crippen molar-refractivity contribution in [2.75, 3.05) is 0 Å². The van der Waals surface area contributed by atoms with E-state index in [1.165, 1.54) is 11.1 Å². The highest BCUT2D eigenvalue weighted by molar-refractivity contribution is 7.09. The van der Waals surface area contributed by atoms with Crippen molar-refractivity contribution in [1.29, 1.82) is 0 Å². The number of aromatic nitrogens is 1. The van der Waals surface area contributed by atoms with Gasteiger partial charge in [0.25, 0.3) is 0 Å². The summed E-state index contributed by atoms with van der Waals surface area (Å²) in [7, 11) is 0. The van der Waals surface area contributed by atoms with Gasteiger partial charge in [0.15, 0.2) is 0 Å². The fraction of sp³-hybridized carbons (Fsp3) is 0.118. The number of nitrogens with zero attached hydrogens (tertiary/aromatic N) is 1. The van der Waals surface area contributed by atoms with Crippen LogP contribution in [-0.4, -0.2) is 4.98 Å². The van der Waals surface area contributed by atoms with E-state index in [2.05, 4.69) is 41.4 Å². The van der Waals surface area contributed by atoms with Gasteiger partial charge in [-0.3, -0.25) is 0 Å². The number of benzene rings is 2. The lowest BCUT2D eigenvalue weighted by atomic mass is 10.0. The maximum absolute atomic E-state index is 6.27. The summed E-state index contributed by atoms with van der Waals surface area (Å²) in [4.78, 5) is 4.46. The molecule has 0 aliphatic heterocycles. The monoisotopic (exact) mass is 280 g/mol. The minimum Gasteiger partial charge on any atom is -0.318 e. The van der Waals surface area contributed by atoms with Gasteiger partial charge in [-0.15, -0.1) is 11.3 Å². The van der Waals surface area contributed by atoms with Crippen LogP contribution in [0.5, 0.6) is 0 Å². The van der Waals surface area contributed by atoms with Crippen LogP contribution in [0.3, 0.4) is 0 Å². The van der Waals surface area contributed by atoms with Crippen LogP contribution < -0.4 is 5.73 Å². The van der Waals surface area contributed by atoms with Gasteiger partial charge in [-0.1, -0.05) is 54.6 Å². The maximum Gasteiger partial charge on any atom is 0.114 e. The Bertz CT molecular complexity index is 687. The Morgan fingerprint density at radius 1 is 0.950 bits per heavy atom. The van der Waals surface area contributed by atoms with Crippen molar-refractivity contribution in [3.05, 3.63) is 76.2 Å². The summed E-state index contributed by atoms with van der Waals surface area (Å²) in [5.74, 6) is 0. The predicted molar refractivity (Wildman–Crippen MR) is 84.8 cm³/mol. The van der Waals surface area contributed by atoms with Gasteiger partial charge in [0.05, 0.1) is 6.04 Å². The van der Waals surface area contributed by atoms with E-state index in [9.17, 15) is 0 Å². The quantitative estimate of drug-likeness (QED) is 0.782. The molecule has 0 bridgehead atoms. The third kappa shape index (κ3) is 2.64. The van der Waals surface area contributed by atoms with Crippen molar-refractivity contribution in [2.24, 2.45) is 5.73 Å². The Morgan fingerprint density at radius 3 is 2.20 bits per heavy atom. The first-order valence-corrected chi connectivity index (χ1v) is 7.45. The molecular weight excluding hydrogens is 264 g/mol. The van der Waals surface area contributed by atoms with E-state index < -0.39 is 0 Å². The number of aryl methyl sites for hydroxylation is 1. The zero-order valence-electron chi connectivity index (χ0n) is 11.3. The van der Waals surface area contributed by atoms with Crippen LogP contribution in [0, 0.1) is 6.92 Å². The van der Waals surface area contributed by atoms with E-state index in [1.807, 2.05) is 30.5 Å². The molecule has 3 rings (SSSR count). The Labute approximate surface area is 122 Å². The van der Waals surface area contributed by atoms with Crippen LogP contribution in [0.2, 0.25) is 0 Å². The van der Waals surface area contributed by atoms with Crippen molar-refractivity contribution >= 4 is 11.3 Å². The smallest absolute Gasteiger partial charge is 0.114 e. The van der Waals surface area contributed by atoms with Gasteiger partial charge in [0.1, 0.15) is 5.01 Å². The number of hydrogen-bond donors (Lipinski definition) is 1. The fourth-order valence-electron chi connectivity index (χ4n) is 2.17. The molecule has 0 radical (unpaired) electrons. The highest BCUT2D eigenvalue weighted by atomic mass is 32.1. The number of hydrogen-bond acceptors (Lipinski definition) is 3. The highest BCUT2D eigenvalue weighted by Gasteiger charge is 2.12. The summed E-state index contributed by atoms with van der Waals surface area (Å²) < 4.78 is 0. The van der Waals surface area contributed by atoms with E-state index in [0.717, 1.165) is 16.3 Å². The Kier molecular flexibility index (Phi) is 3.63. The van der Waals surface area contributed by atoms with Crippen molar-refractivity contribution < 1.29 is 0 Å². The molecule has 1 heterocycles. The molecule has 0 spiro atoms. The summed E-state index contributed by atoms with van der Waals surface area (Å²) >= 11 is 1.62. The molecule has 0 aliphatic rings. The minimum absolute atomic E-state index is 0.140. The summed E-state index contributed by atoms with van der Waals surface area (Å²) in [6.45, 7) is 1.99. The molecule has 2 nitrogen and oxygen atoms in total. The fourth-order valence-corrected chi connectivity index (χ4v) is 2.99. The van der Waals surface area contributed by atoms with E-state index in [4.69, 9.17) is 5.73 Å². The Morgan fingerprint density at radius 2 is 1.60 bits per heavy atom. The second kappa shape index (κ2) is 5.57. The van der Waals surface area contributed by atoms with Gasteiger partial charge < -0.3 is 5.73 Å². The lowest BCUT2D eigenvalue weighted by molar-refractivity contribution is 0.852. The minimum atomic E-state index is -0.140. The molecule has 1 unspecified atom stereocenters. The molecule has 0 saturated heterocycles. The van der Waals surface area contributed by atoms with Crippen LogP contribution in [0.1, 0.15) is 22.3 Å². The molecule has 0 saturated carbocycles. The maximum atomic E-state index is 6.27. The lowest BCUT2D eigenvalue weighted by Gasteiger charge is -2.10.